The molecular weight excluding hydrogens is 767 g/mol. The van der Waals surface area contributed by atoms with Crippen LogP contribution in [0, 0.1) is 54.1 Å². The average Bonchev–Trinajstić information content (AvgIpc) is 3.03. The van der Waals surface area contributed by atoms with Gasteiger partial charge in [0.2, 0.25) is 6.79 Å². The SMILES string of the molecule is CC(CCC(=O)OC(COC(=O)C(C)(C)CC(C)(C)/C=C\C(C)(C)CC(C)(C)C)COC(=O)C(C)(C)CC(C)(C)/C=C\C(C)(C)CC(C)(C)C)CC(=O)OCOC(=O)N=O. The molecule has 1 amide bonds. The Labute approximate surface area is 363 Å². The van der Waals surface area contributed by atoms with E-state index in [1.54, 1.807) is 6.92 Å². The Bertz CT molecular complexity index is 1420. The molecule has 0 aromatic carbocycles. The van der Waals surface area contributed by atoms with Gasteiger partial charge in [-0.25, -0.2) is 4.79 Å². The summed E-state index contributed by atoms with van der Waals surface area (Å²) in [7, 11) is 0. The number of ether oxygens (including phenoxy) is 5. The maximum absolute atomic E-state index is 13.6. The predicted octanol–water partition coefficient (Wildman–Crippen LogP) is 12.1. The molecule has 0 aliphatic heterocycles. The van der Waals surface area contributed by atoms with E-state index < -0.39 is 53.7 Å². The number of hydrogen-bond donors (Lipinski definition) is 0. The van der Waals surface area contributed by atoms with Gasteiger partial charge in [0.25, 0.3) is 0 Å². The van der Waals surface area contributed by atoms with Crippen molar-refractivity contribution in [3.05, 3.63) is 29.2 Å². The number of nitrogens with zero attached hydrogens (tertiary/aromatic N) is 1. The molecule has 0 radical (unpaired) electrons. The molecule has 0 bridgehead atoms. The molecule has 0 spiro atoms. The Morgan fingerprint density at radius 3 is 1.23 bits per heavy atom. The molecule has 12 nitrogen and oxygen atoms in total. The van der Waals surface area contributed by atoms with Gasteiger partial charge >= 0.3 is 30.0 Å². The zero-order chi connectivity index (χ0) is 47.2. The van der Waals surface area contributed by atoms with E-state index in [0.29, 0.717) is 12.8 Å². The van der Waals surface area contributed by atoms with Crippen LogP contribution in [-0.2, 0) is 42.9 Å². The second-order valence-electron chi connectivity index (χ2n) is 23.5. The van der Waals surface area contributed by atoms with Crippen LogP contribution in [0.3, 0.4) is 0 Å². The summed E-state index contributed by atoms with van der Waals surface area (Å²) in [6, 6.07) is 0. The van der Waals surface area contributed by atoms with Gasteiger partial charge in [-0.2, -0.15) is 0 Å². The molecular formula is C48H83NO11. The molecule has 12 heteroatoms. The molecule has 1 atom stereocenters. The largest absolute Gasteiger partial charge is 0.473 e. The average molecular weight is 850 g/mol. The van der Waals surface area contributed by atoms with E-state index in [9.17, 15) is 28.9 Å². The third-order valence-corrected chi connectivity index (χ3v) is 9.78. The lowest BCUT2D eigenvalue weighted by Gasteiger charge is -2.34. The first-order chi connectivity index (χ1) is 26.8. The second-order valence-corrected chi connectivity index (χ2v) is 23.5. The normalized spacial score (nSPS) is 14.3. The summed E-state index contributed by atoms with van der Waals surface area (Å²) in [4.78, 5) is 73.5. The Morgan fingerprint density at radius 2 is 0.883 bits per heavy atom. The van der Waals surface area contributed by atoms with Gasteiger partial charge in [-0.3, -0.25) is 19.2 Å². The monoisotopic (exact) mass is 850 g/mol. The third kappa shape index (κ3) is 25.9. The van der Waals surface area contributed by atoms with Crippen LogP contribution in [0.5, 0.6) is 0 Å². The summed E-state index contributed by atoms with van der Waals surface area (Å²) in [6.45, 7) is 38.1. The van der Waals surface area contributed by atoms with Gasteiger partial charge in [0.05, 0.1) is 16.0 Å². The zero-order valence-corrected chi connectivity index (χ0v) is 41.0. The highest BCUT2D eigenvalue weighted by molar-refractivity contribution is 5.77. The van der Waals surface area contributed by atoms with Crippen molar-refractivity contribution >= 4 is 30.0 Å². The Morgan fingerprint density at radius 1 is 0.517 bits per heavy atom. The van der Waals surface area contributed by atoms with E-state index in [1.807, 2.05) is 32.9 Å². The fourth-order valence-electron chi connectivity index (χ4n) is 8.36. The minimum atomic E-state index is -1.41. The van der Waals surface area contributed by atoms with Crippen molar-refractivity contribution in [3.8, 4) is 0 Å². The molecule has 0 saturated heterocycles. The molecule has 346 valence electrons. The second kappa shape index (κ2) is 22.5. The molecule has 0 saturated carbocycles. The van der Waals surface area contributed by atoms with Crippen LogP contribution in [-0.4, -0.2) is 56.1 Å². The topological polar surface area (TPSA) is 161 Å². The molecule has 60 heavy (non-hydrogen) atoms. The Balaban J connectivity index is 5.95. The van der Waals surface area contributed by atoms with Gasteiger partial charge < -0.3 is 23.7 Å². The van der Waals surface area contributed by atoms with Crippen molar-refractivity contribution in [2.75, 3.05) is 20.0 Å². The summed E-state index contributed by atoms with van der Waals surface area (Å²) in [5.74, 6) is -2.61. The van der Waals surface area contributed by atoms with Crippen molar-refractivity contribution < 1.29 is 47.7 Å². The Kier molecular flexibility index (Phi) is 21.2. The lowest BCUT2D eigenvalue weighted by molar-refractivity contribution is -0.174. The molecule has 0 aromatic rings. The molecule has 0 aliphatic carbocycles. The molecule has 1 unspecified atom stereocenters. The molecule has 0 fully saturated rings. The standard InChI is InChI=1S/C48H83NO11/c1-34(26-37(51)58-33-59-40(54)49-55)20-21-36(50)60-35(27-56-38(52)47(16,17)31-45(12,13)24-22-43(8,9)29-41(2,3)4)28-57-39(53)48(18,19)32-46(14,15)25-23-44(10,11)30-42(5,6)7/h22-25,34-35H,20-21,26-33H2,1-19H3/b24-22-,25-23-. The van der Waals surface area contributed by atoms with E-state index >= 15 is 0 Å². The number of amides is 1. The van der Waals surface area contributed by atoms with Gasteiger partial charge in [0.15, 0.2) is 6.10 Å². The van der Waals surface area contributed by atoms with Crippen LogP contribution >= 0.6 is 0 Å². The maximum atomic E-state index is 13.6. The predicted molar refractivity (Wildman–Crippen MR) is 236 cm³/mol. The fraction of sp³-hybridized carbons (Fsp3) is 0.812. The van der Waals surface area contributed by atoms with Gasteiger partial charge in [-0.1, -0.05) is 128 Å². The number of carbonyl (C=O) groups excluding carboxylic acids is 5. The number of esters is 4. The zero-order valence-electron chi connectivity index (χ0n) is 41.0. The first kappa shape index (κ1) is 56.4. The quantitative estimate of drug-likeness (QED) is 0.0299. The highest BCUT2D eigenvalue weighted by Gasteiger charge is 2.38. The van der Waals surface area contributed by atoms with Crippen LogP contribution in [0.2, 0.25) is 0 Å². The van der Waals surface area contributed by atoms with Crippen molar-refractivity contribution in [2.24, 2.45) is 54.4 Å². The van der Waals surface area contributed by atoms with Crippen LogP contribution < -0.4 is 0 Å². The lowest BCUT2D eigenvalue weighted by atomic mass is 9.72. The highest BCUT2D eigenvalue weighted by atomic mass is 16.7. The Hall–Kier alpha value is -3.57. The van der Waals surface area contributed by atoms with E-state index in [0.717, 1.165) is 12.8 Å². The molecule has 0 rings (SSSR count). The number of carbonyl (C=O) groups is 5. The highest BCUT2D eigenvalue weighted by Crippen LogP contribution is 2.41. The minimum absolute atomic E-state index is 0.0357. The van der Waals surface area contributed by atoms with E-state index in [-0.39, 0.29) is 70.9 Å². The van der Waals surface area contributed by atoms with Gasteiger partial charge in [-0.15, -0.1) is 4.91 Å². The smallest absolute Gasteiger partial charge is 0.461 e. The number of nitroso groups, excluding NO2 is 1. The molecule has 0 N–H and O–H groups in total. The van der Waals surface area contributed by atoms with Crippen molar-refractivity contribution in [1.29, 1.82) is 0 Å². The molecule has 0 aliphatic rings. The van der Waals surface area contributed by atoms with E-state index in [2.05, 4.69) is 126 Å². The maximum Gasteiger partial charge on any atom is 0.473 e. The van der Waals surface area contributed by atoms with Gasteiger partial charge in [0.1, 0.15) is 13.2 Å². The summed E-state index contributed by atoms with van der Waals surface area (Å²) in [5.41, 5.74) is -2.23. The van der Waals surface area contributed by atoms with Crippen LogP contribution in [0.15, 0.2) is 29.5 Å². The fourth-order valence-corrected chi connectivity index (χ4v) is 8.36. The number of hydrogen-bond acceptors (Lipinski definition) is 11. The molecule has 0 heterocycles. The van der Waals surface area contributed by atoms with Crippen LogP contribution in [0.4, 0.5) is 4.79 Å². The minimum Gasteiger partial charge on any atom is -0.461 e. The first-order valence-corrected chi connectivity index (χ1v) is 21.4. The summed E-state index contributed by atoms with van der Waals surface area (Å²) in [5, 5.41) is 2.05. The summed E-state index contributed by atoms with van der Waals surface area (Å²) in [6.07, 6.45) is 9.32. The third-order valence-electron chi connectivity index (χ3n) is 9.78. The van der Waals surface area contributed by atoms with Crippen molar-refractivity contribution in [2.45, 2.75) is 183 Å². The van der Waals surface area contributed by atoms with Gasteiger partial charge in [-0.05, 0) is 98.2 Å². The first-order valence-electron chi connectivity index (χ1n) is 21.4. The lowest BCUT2D eigenvalue weighted by Crippen LogP contribution is -2.38. The van der Waals surface area contributed by atoms with Gasteiger partial charge in [0, 0.05) is 12.8 Å². The van der Waals surface area contributed by atoms with E-state index in [4.69, 9.17) is 18.9 Å². The van der Waals surface area contributed by atoms with Crippen LogP contribution in [0.1, 0.15) is 176 Å². The van der Waals surface area contributed by atoms with Crippen molar-refractivity contribution in [1.82, 2.24) is 0 Å². The number of rotatable bonds is 24. The summed E-state index contributed by atoms with van der Waals surface area (Å²) < 4.78 is 26.4. The van der Waals surface area contributed by atoms with Crippen LogP contribution in [0.25, 0.3) is 0 Å². The molecule has 0 aromatic heterocycles. The number of allylic oxidation sites excluding steroid dienone is 4. The van der Waals surface area contributed by atoms with E-state index in [1.165, 1.54) is 0 Å². The summed E-state index contributed by atoms with van der Waals surface area (Å²) >= 11 is 0. The van der Waals surface area contributed by atoms with Crippen molar-refractivity contribution in [3.63, 3.8) is 0 Å².